The molecule has 0 amide bonds. The summed E-state index contributed by atoms with van der Waals surface area (Å²) in [7, 11) is -4.52. The Morgan fingerprint density at radius 3 is 1.82 bits per heavy atom. The highest BCUT2D eigenvalue weighted by Crippen LogP contribution is 2.35. The first-order valence-electron chi connectivity index (χ1n) is 11.1. The molecule has 0 saturated heterocycles. The van der Waals surface area contributed by atoms with E-state index in [4.69, 9.17) is 14.5 Å². The second kappa shape index (κ2) is 20.1. The minimum atomic E-state index is -4.52. The zero-order chi connectivity index (χ0) is 20.9. The summed E-state index contributed by atoms with van der Waals surface area (Å²) in [5, 5.41) is 9.45. The van der Waals surface area contributed by atoms with Crippen LogP contribution in [0.5, 0.6) is 0 Å². The number of unbranched alkanes of at least 4 members (excludes halogenated alkanes) is 12. The Bertz CT molecular complexity index is 396. The molecular formula is C21H43O6P. The number of hydrogen-bond acceptors (Lipinski definition) is 4. The van der Waals surface area contributed by atoms with Crippen molar-refractivity contribution in [3.8, 4) is 0 Å². The fourth-order valence-corrected chi connectivity index (χ4v) is 3.27. The number of aliphatic hydroxyl groups is 1. The van der Waals surface area contributed by atoms with Crippen LogP contribution in [0.25, 0.3) is 0 Å². The van der Waals surface area contributed by atoms with Gasteiger partial charge < -0.3 is 19.6 Å². The van der Waals surface area contributed by atoms with Gasteiger partial charge in [0.15, 0.2) is 0 Å². The van der Waals surface area contributed by atoms with Crippen LogP contribution in [0.15, 0.2) is 12.2 Å². The lowest BCUT2D eigenvalue weighted by Crippen LogP contribution is -2.21. The molecule has 0 aliphatic rings. The molecule has 0 aromatic heterocycles. The van der Waals surface area contributed by atoms with Crippen LogP contribution in [0.1, 0.15) is 96.8 Å². The monoisotopic (exact) mass is 422 g/mol. The van der Waals surface area contributed by atoms with E-state index in [-0.39, 0.29) is 6.61 Å². The average molecular weight is 423 g/mol. The molecule has 0 heterocycles. The fraction of sp³-hybridized carbons (Fsp3) is 0.905. The summed E-state index contributed by atoms with van der Waals surface area (Å²) in [5.41, 5.74) is 0. The molecule has 0 saturated carbocycles. The third-order valence-corrected chi connectivity index (χ3v) is 5.03. The summed E-state index contributed by atoms with van der Waals surface area (Å²) in [4.78, 5) is 17.1. The van der Waals surface area contributed by atoms with E-state index in [1.807, 2.05) is 0 Å². The molecule has 1 atom stereocenters. The van der Waals surface area contributed by atoms with Gasteiger partial charge in [0.25, 0.3) is 0 Å². The Balaban J connectivity index is 3.21. The lowest BCUT2D eigenvalue weighted by Gasteiger charge is -2.12. The second-order valence-electron chi connectivity index (χ2n) is 7.45. The van der Waals surface area contributed by atoms with Crippen molar-refractivity contribution in [3.05, 3.63) is 12.2 Å². The third kappa shape index (κ3) is 23.8. The van der Waals surface area contributed by atoms with E-state index in [0.717, 1.165) is 12.8 Å². The first-order valence-corrected chi connectivity index (χ1v) is 12.6. The van der Waals surface area contributed by atoms with E-state index in [0.29, 0.717) is 6.61 Å². The van der Waals surface area contributed by atoms with Gasteiger partial charge in [0.05, 0.1) is 13.2 Å². The van der Waals surface area contributed by atoms with Gasteiger partial charge in [0.2, 0.25) is 0 Å². The fourth-order valence-electron chi connectivity index (χ4n) is 2.90. The average Bonchev–Trinajstić information content (AvgIpc) is 2.65. The number of ether oxygens (including phenoxy) is 1. The van der Waals surface area contributed by atoms with Crippen LogP contribution in [-0.4, -0.2) is 40.8 Å². The largest absolute Gasteiger partial charge is 0.469 e. The van der Waals surface area contributed by atoms with E-state index in [9.17, 15) is 9.67 Å². The summed E-state index contributed by atoms with van der Waals surface area (Å²) in [6, 6.07) is 0. The van der Waals surface area contributed by atoms with Crippen LogP contribution in [0.4, 0.5) is 0 Å². The van der Waals surface area contributed by atoms with Crippen molar-refractivity contribution >= 4 is 7.82 Å². The Morgan fingerprint density at radius 2 is 1.29 bits per heavy atom. The van der Waals surface area contributed by atoms with E-state index in [1.54, 1.807) is 0 Å². The quantitative estimate of drug-likeness (QED) is 0.128. The molecule has 0 bridgehead atoms. The lowest BCUT2D eigenvalue weighted by atomic mass is 10.1. The Hall–Kier alpha value is -0.230. The van der Waals surface area contributed by atoms with E-state index < -0.39 is 20.5 Å². The maximum absolute atomic E-state index is 10.5. The molecule has 0 aliphatic heterocycles. The predicted molar refractivity (Wildman–Crippen MR) is 114 cm³/mol. The number of rotatable bonds is 21. The van der Waals surface area contributed by atoms with Crippen molar-refractivity contribution in [1.29, 1.82) is 0 Å². The summed E-state index contributed by atoms with van der Waals surface area (Å²) in [6.45, 7) is 2.42. The molecule has 0 unspecified atom stereocenters. The molecule has 0 fully saturated rings. The first kappa shape index (κ1) is 27.8. The van der Waals surface area contributed by atoms with Gasteiger partial charge in [-0.3, -0.25) is 4.52 Å². The van der Waals surface area contributed by atoms with Gasteiger partial charge in [0, 0.05) is 6.61 Å². The molecule has 0 radical (unpaired) electrons. The summed E-state index contributed by atoms with van der Waals surface area (Å²) >= 11 is 0. The Labute approximate surface area is 172 Å². The Morgan fingerprint density at radius 1 is 0.786 bits per heavy atom. The second-order valence-corrected chi connectivity index (χ2v) is 8.69. The van der Waals surface area contributed by atoms with Crippen molar-refractivity contribution in [2.75, 3.05) is 19.8 Å². The van der Waals surface area contributed by atoms with Gasteiger partial charge in [-0.05, 0) is 32.1 Å². The molecule has 0 spiro atoms. The molecule has 0 aromatic rings. The number of aliphatic hydroxyl groups excluding tert-OH is 1. The Kier molecular flexibility index (Phi) is 19.9. The predicted octanol–water partition coefficient (Wildman–Crippen LogP) is 5.51. The van der Waals surface area contributed by atoms with Crippen LogP contribution in [0.3, 0.4) is 0 Å². The molecule has 0 aromatic carbocycles. The summed E-state index contributed by atoms with van der Waals surface area (Å²) in [6.07, 6.45) is 21.2. The summed E-state index contributed by atoms with van der Waals surface area (Å²) in [5.74, 6) is 0. The van der Waals surface area contributed by atoms with Gasteiger partial charge in [0.1, 0.15) is 6.10 Å². The molecule has 0 aliphatic carbocycles. The van der Waals surface area contributed by atoms with Crippen molar-refractivity contribution in [3.63, 3.8) is 0 Å². The number of phosphoric ester groups is 1. The molecule has 28 heavy (non-hydrogen) atoms. The van der Waals surface area contributed by atoms with Crippen molar-refractivity contribution in [1.82, 2.24) is 0 Å². The van der Waals surface area contributed by atoms with Crippen LogP contribution in [-0.2, 0) is 13.8 Å². The maximum Gasteiger partial charge on any atom is 0.469 e. The van der Waals surface area contributed by atoms with Crippen LogP contribution >= 0.6 is 7.82 Å². The lowest BCUT2D eigenvalue weighted by molar-refractivity contribution is 0.00476. The number of hydrogen-bond donors (Lipinski definition) is 3. The highest BCUT2D eigenvalue weighted by molar-refractivity contribution is 7.46. The van der Waals surface area contributed by atoms with Crippen molar-refractivity contribution in [2.45, 2.75) is 103 Å². The van der Waals surface area contributed by atoms with E-state index >= 15 is 0 Å². The molecule has 0 rings (SSSR count). The van der Waals surface area contributed by atoms with Gasteiger partial charge in [-0.1, -0.05) is 76.9 Å². The smallest absolute Gasteiger partial charge is 0.388 e. The van der Waals surface area contributed by atoms with Crippen LogP contribution in [0, 0.1) is 0 Å². The normalized spacial score (nSPS) is 13.4. The summed E-state index contributed by atoms with van der Waals surface area (Å²) < 4.78 is 20.0. The van der Waals surface area contributed by atoms with Gasteiger partial charge in [-0.15, -0.1) is 0 Å². The van der Waals surface area contributed by atoms with Gasteiger partial charge >= 0.3 is 7.82 Å². The van der Waals surface area contributed by atoms with Gasteiger partial charge in [-0.2, -0.15) is 0 Å². The topological polar surface area (TPSA) is 96.2 Å². The SMILES string of the molecule is CCCCCCCCC=CCCCCCCCCOC[C@@H](O)COP(=O)(O)O. The number of phosphoric acid groups is 1. The zero-order valence-electron chi connectivity index (χ0n) is 17.8. The van der Waals surface area contributed by atoms with E-state index in [2.05, 4.69) is 23.6 Å². The molecule has 168 valence electrons. The van der Waals surface area contributed by atoms with Crippen molar-refractivity contribution < 1.29 is 28.7 Å². The minimum Gasteiger partial charge on any atom is -0.388 e. The zero-order valence-corrected chi connectivity index (χ0v) is 18.7. The minimum absolute atomic E-state index is 0.0328. The van der Waals surface area contributed by atoms with E-state index in [1.165, 1.54) is 77.0 Å². The molecule has 3 N–H and O–H groups in total. The maximum atomic E-state index is 10.5. The first-order chi connectivity index (χ1) is 13.5. The van der Waals surface area contributed by atoms with Gasteiger partial charge in [-0.25, -0.2) is 4.57 Å². The number of allylic oxidation sites excluding steroid dienone is 2. The highest BCUT2D eigenvalue weighted by Gasteiger charge is 2.16. The van der Waals surface area contributed by atoms with Crippen LogP contribution in [0.2, 0.25) is 0 Å². The van der Waals surface area contributed by atoms with Crippen LogP contribution < -0.4 is 0 Å². The standard InChI is InChI=1S/C21H43O6P/c1-2-3-4-5-6-7-8-9-10-11-12-13-14-15-16-17-18-26-19-21(22)20-27-28(23,24)25/h9-10,21-22H,2-8,11-20H2,1H3,(H2,23,24,25)/t21-/m1/s1. The highest BCUT2D eigenvalue weighted by atomic mass is 31.2. The molecular weight excluding hydrogens is 379 g/mol. The molecule has 6 nitrogen and oxygen atoms in total. The third-order valence-electron chi connectivity index (χ3n) is 4.55. The van der Waals surface area contributed by atoms with Crippen molar-refractivity contribution in [2.24, 2.45) is 0 Å². The molecule has 7 heteroatoms.